The molecule has 0 saturated carbocycles. The Labute approximate surface area is 176 Å². The number of H-pyrrole nitrogens is 1. The van der Waals surface area contributed by atoms with E-state index in [-0.39, 0.29) is 29.5 Å². The van der Waals surface area contributed by atoms with E-state index in [1.54, 1.807) is 4.90 Å². The lowest BCUT2D eigenvalue weighted by molar-refractivity contribution is -0.136. The Kier molecular flexibility index (Phi) is 4.80. The second-order valence-electron chi connectivity index (χ2n) is 7.06. The smallest absolute Gasteiger partial charge is 0.378 e. The fraction of sp³-hybridized carbons (Fsp3) is 0.333. The molecule has 0 aliphatic carbocycles. The Hall–Kier alpha value is -3.55. The molecule has 3 aromatic heterocycles. The Morgan fingerprint density at radius 1 is 1.06 bits per heavy atom. The van der Waals surface area contributed by atoms with Crippen LogP contribution >= 0.6 is 0 Å². The molecule has 32 heavy (non-hydrogen) atoms. The first kappa shape index (κ1) is 20.4. The number of benzene rings is 1. The third-order valence-corrected chi connectivity index (χ3v) is 4.94. The van der Waals surface area contributed by atoms with E-state index < -0.39 is 29.0 Å². The van der Waals surface area contributed by atoms with E-state index in [1.807, 2.05) is 0 Å². The van der Waals surface area contributed by atoms with Crippen molar-refractivity contribution in [2.24, 2.45) is 0 Å². The van der Waals surface area contributed by atoms with Crippen LogP contribution < -0.4 is 10.2 Å². The number of nitrogens with one attached hydrogen (secondary N) is 2. The number of anilines is 2. The zero-order valence-electron chi connectivity index (χ0n) is 16.2. The maximum atomic E-state index is 13.4. The average Bonchev–Trinajstić information content (AvgIpc) is 3.36. The van der Waals surface area contributed by atoms with E-state index in [9.17, 15) is 22.0 Å². The van der Waals surface area contributed by atoms with Crippen LogP contribution in [0.1, 0.15) is 11.4 Å². The Bertz CT molecular complexity index is 1260. The first-order chi connectivity index (χ1) is 15.3. The van der Waals surface area contributed by atoms with Crippen molar-refractivity contribution < 1.29 is 26.7 Å². The largest absolute Gasteiger partial charge is 0.421 e. The van der Waals surface area contributed by atoms with Crippen LogP contribution in [-0.4, -0.2) is 55.9 Å². The van der Waals surface area contributed by atoms with Crippen LogP contribution in [-0.2, 0) is 17.5 Å². The number of imidazole rings is 1. The predicted octanol–water partition coefficient (Wildman–Crippen LogP) is 2.75. The van der Waals surface area contributed by atoms with Crippen molar-refractivity contribution in [1.82, 2.24) is 29.5 Å². The third kappa shape index (κ3) is 3.66. The van der Waals surface area contributed by atoms with Gasteiger partial charge < -0.3 is 19.9 Å². The SMILES string of the molecule is Fc1cc2nc(CNc3nc(N4CCOCC4)nc4c(C(F)(F)F)cnn34)[nH]c2cc1F. The van der Waals surface area contributed by atoms with E-state index in [2.05, 4.69) is 30.4 Å². The van der Waals surface area contributed by atoms with Gasteiger partial charge in [0.05, 0.1) is 37.0 Å². The first-order valence-corrected chi connectivity index (χ1v) is 9.53. The van der Waals surface area contributed by atoms with Crippen molar-refractivity contribution in [2.75, 3.05) is 36.5 Å². The molecular weight excluding hydrogens is 439 g/mol. The molecule has 168 valence electrons. The van der Waals surface area contributed by atoms with Gasteiger partial charge in [0.25, 0.3) is 0 Å². The number of aromatic nitrogens is 6. The summed E-state index contributed by atoms with van der Waals surface area (Å²) < 4.78 is 73.4. The number of ether oxygens (including phenoxy) is 1. The predicted molar refractivity (Wildman–Crippen MR) is 102 cm³/mol. The summed E-state index contributed by atoms with van der Waals surface area (Å²) in [5.74, 6) is -1.65. The van der Waals surface area contributed by atoms with Crippen LogP contribution in [0.2, 0.25) is 0 Å². The minimum atomic E-state index is -4.65. The molecule has 0 bridgehead atoms. The van der Waals surface area contributed by atoms with Gasteiger partial charge in [-0.25, -0.2) is 13.8 Å². The number of rotatable bonds is 4. The number of hydrogen-bond donors (Lipinski definition) is 2. The van der Waals surface area contributed by atoms with Crippen LogP contribution in [0.3, 0.4) is 0 Å². The lowest BCUT2D eigenvalue weighted by Crippen LogP contribution is -2.37. The molecule has 1 aromatic carbocycles. The van der Waals surface area contributed by atoms with Gasteiger partial charge >= 0.3 is 6.18 Å². The molecule has 0 unspecified atom stereocenters. The molecule has 4 aromatic rings. The van der Waals surface area contributed by atoms with Crippen LogP contribution in [0.15, 0.2) is 18.3 Å². The van der Waals surface area contributed by atoms with E-state index in [0.29, 0.717) is 38.3 Å². The Morgan fingerprint density at radius 2 is 1.81 bits per heavy atom. The van der Waals surface area contributed by atoms with E-state index in [4.69, 9.17) is 4.74 Å². The average molecular weight is 454 g/mol. The molecule has 1 aliphatic heterocycles. The lowest BCUT2D eigenvalue weighted by Gasteiger charge is -2.27. The molecule has 9 nitrogen and oxygen atoms in total. The molecule has 14 heteroatoms. The quantitative estimate of drug-likeness (QED) is 0.458. The molecule has 1 aliphatic rings. The summed E-state index contributed by atoms with van der Waals surface area (Å²) in [6.07, 6.45) is -3.96. The standard InChI is InChI=1S/C18H15F5N8O/c19-10-5-12-13(6-11(10)20)27-14(26-12)8-24-16-29-17(30-1-3-32-4-2-30)28-15-9(18(21,22)23)7-25-31(15)16/h5-7H,1-4,8H2,(H,26,27)(H,24,28,29). The molecule has 5 rings (SSSR count). The summed E-state index contributed by atoms with van der Waals surface area (Å²) in [4.78, 5) is 17.1. The monoisotopic (exact) mass is 454 g/mol. The van der Waals surface area contributed by atoms with E-state index in [1.165, 1.54) is 0 Å². The number of morpholine rings is 1. The van der Waals surface area contributed by atoms with Gasteiger partial charge in [0.15, 0.2) is 17.3 Å². The molecular formula is C18H15F5N8O. The number of nitrogens with zero attached hydrogens (tertiary/aromatic N) is 6. The number of halogens is 5. The number of fused-ring (bicyclic) bond motifs is 2. The lowest BCUT2D eigenvalue weighted by atomic mass is 10.3. The Morgan fingerprint density at radius 3 is 2.56 bits per heavy atom. The highest BCUT2D eigenvalue weighted by atomic mass is 19.4. The van der Waals surface area contributed by atoms with Gasteiger partial charge in [-0.3, -0.25) is 0 Å². The van der Waals surface area contributed by atoms with Crippen molar-refractivity contribution in [3.63, 3.8) is 0 Å². The zero-order chi connectivity index (χ0) is 22.5. The zero-order valence-corrected chi connectivity index (χ0v) is 16.2. The normalized spacial score (nSPS) is 15.1. The number of hydrogen-bond acceptors (Lipinski definition) is 7. The van der Waals surface area contributed by atoms with Gasteiger partial charge in [-0.15, -0.1) is 0 Å². The van der Waals surface area contributed by atoms with Crippen LogP contribution in [0, 0.1) is 11.6 Å². The molecule has 2 N–H and O–H groups in total. The second kappa shape index (κ2) is 7.55. The molecule has 1 fully saturated rings. The summed E-state index contributed by atoms with van der Waals surface area (Å²) in [6.45, 7) is 1.62. The van der Waals surface area contributed by atoms with Crippen molar-refractivity contribution in [1.29, 1.82) is 0 Å². The summed E-state index contributed by atoms with van der Waals surface area (Å²) >= 11 is 0. The number of aromatic amines is 1. The molecule has 4 heterocycles. The molecule has 0 radical (unpaired) electrons. The highest BCUT2D eigenvalue weighted by Crippen LogP contribution is 2.33. The maximum absolute atomic E-state index is 13.4. The second-order valence-corrected chi connectivity index (χ2v) is 7.06. The fourth-order valence-electron chi connectivity index (χ4n) is 3.39. The molecule has 0 amide bonds. The summed E-state index contributed by atoms with van der Waals surface area (Å²) in [5, 5.41) is 6.67. The van der Waals surface area contributed by atoms with Gasteiger partial charge in [0.2, 0.25) is 11.9 Å². The minimum Gasteiger partial charge on any atom is -0.378 e. The molecule has 0 spiro atoms. The van der Waals surface area contributed by atoms with Crippen molar-refractivity contribution in [2.45, 2.75) is 12.7 Å². The van der Waals surface area contributed by atoms with Crippen LogP contribution in [0.4, 0.5) is 33.8 Å². The summed E-state index contributed by atoms with van der Waals surface area (Å²) in [7, 11) is 0. The van der Waals surface area contributed by atoms with Crippen LogP contribution in [0.25, 0.3) is 16.7 Å². The van der Waals surface area contributed by atoms with Crippen molar-refractivity contribution >= 4 is 28.6 Å². The van der Waals surface area contributed by atoms with E-state index in [0.717, 1.165) is 16.6 Å². The van der Waals surface area contributed by atoms with Gasteiger partial charge in [0.1, 0.15) is 11.4 Å². The summed E-state index contributed by atoms with van der Waals surface area (Å²) in [6, 6.07) is 1.93. The van der Waals surface area contributed by atoms with Gasteiger partial charge in [-0.05, 0) is 0 Å². The number of alkyl halides is 3. The van der Waals surface area contributed by atoms with Crippen molar-refractivity contribution in [3.8, 4) is 0 Å². The highest BCUT2D eigenvalue weighted by Gasteiger charge is 2.36. The minimum absolute atomic E-state index is 0.00445. The fourth-order valence-corrected chi connectivity index (χ4v) is 3.39. The molecule has 0 atom stereocenters. The van der Waals surface area contributed by atoms with Crippen molar-refractivity contribution in [3.05, 3.63) is 41.4 Å². The third-order valence-electron chi connectivity index (χ3n) is 4.94. The first-order valence-electron chi connectivity index (χ1n) is 9.53. The van der Waals surface area contributed by atoms with Gasteiger partial charge in [-0.1, -0.05) is 0 Å². The highest BCUT2D eigenvalue weighted by molar-refractivity contribution is 5.75. The summed E-state index contributed by atoms with van der Waals surface area (Å²) in [5.41, 5.74) is -0.903. The van der Waals surface area contributed by atoms with Gasteiger partial charge in [0, 0.05) is 25.2 Å². The maximum Gasteiger partial charge on any atom is 0.421 e. The van der Waals surface area contributed by atoms with Crippen LogP contribution in [0.5, 0.6) is 0 Å². The molecule has 1 saturated heterocycles. The van der Waals surface area contributed by atoms with E-state index >= 15 is 0 Å². The van der Waals surface area contributed by atoms with Gasteiger partial charge in [-0.2, -0.15) is 32.8 Å². The topological polar surface area (TPSA) is 96.3 Å². The Balaban J connectivity index is 1.51.